The van der Waals surface area contributed by atoms with Crippen molar-refractivity contribution in [3.05, 3.63) is 87.9 Å². The topological polar surface area (TPSA) is 67.8 Å². The third kappa shape index (κ3) is 5.00. The van der Waals surface area contributed by atoms with Crippen molar-refractivity contribution in [2.75, 3.05) is 12.4 Å². The zero-order valence-corrected chi connectivity index (χ0v) is 17.0. The second-order valence-corrected chi connectivity index (χ2v) is 6.94. The summed E-state index contributed by atoms with van der Waals surface area (Å²) in [4.78, 5) is 11.4. The van der Waals surface area contributed by atoms with Crippen molar-refractivity contribution < 1.29 is 19.4 Å². The Balaban J connectivity index is 1.85. The fraction of sp³-hybridized carbons (Fsp3) is 0.174. The van der Waals surface area contributed by atoms with Crippen molar-refractivity contribution in [2.24, 2.45) is 0 Å². The molecule has 0 unspecified atom stereocenters. The Morgan fingerprint density at radius 2 is 1.86 bits per heavy atom. The molecule has 0 atom stereocenters. The van der Waals surface area contributed by atoms with Crippen LogP contribution in [-0.2, 0) is 13.2 Å². The van der Waals surface area contributed by atoms with Gasteiger partial charge >= 0.3 is 5.97 Å². The molecule has 3 rings (SSSR count). The Kier molecular flexibility index (Phi) is 6.62. The lowest BCUT2D eigenvalue weighted by Crippen LogP contribution is -2.08. The summed E-state index contributed by atoms with van der Waals surface area (Å²) < 4.78 is 11.5. The first kappa shape index (κ1) is 20.6. The van der Waals surface area contributed by atoms with Gasteiger partial charge in [0.15, 0.2) is 11.5 Å². The minimum Gasteiger partial charge on any atom is -0.493 e. The predicted molar refractivity (Wildman–Crippen MR) is 114 cm³/mol. The standard InChI is InChI=1S/C23H22ClNO4/c1-15-19(23(26)27)9-6-10-20(15)25-13-17-11-18(24)12-21(28-2)22(17)29-14-16-7-4-3-5-8-16/h3-12,25H,13-14H2,1-2H3,(H,26,27). The molecule has 2 N–H and O–H groups in total. The van der Waals surface area contributed by atoms with E-state index in [2.05, 4.69) is 5.32 Å². The van der Waals surface area contributed by atoms with Gasteiger partial charge in [-0.25, -0.2) is 4.79 Å². The Morgan fingerprint density at radius 3 is 2.55 bits per heavy atom. The zero-order valence-electron chi connectivity index (χ0n) is 16.2. The highest BCUT2D eigenvalue weighted by Crippen LogP contribution is 2.36. The molecule has 0 heterocycles. The second kappa shape index (κ2) is 9.34. The molecule has 0 saturated carbocycles. The Labute approximate surface area is 174 Å². The van der Waals surface area contributed by atoms with Crippen LogP contribution in [0.2, 0.25) is 5.02 Å². The van der Waals surface area contributed by atoms with E-state index >= 15 is 0 Å². The highest BCUT2D eigenvalue weighted by atomic mass is 35.5. The van der Waals surface area contributed by atoms with Gasteiger partial charge in [-0.15, -0.1) is 0 Å². The number of hydrogen-bond donors (Lipinski definition) is 2. The Morgan fingerprint density at radius 1 is 1.10 bits per heavy atom. The monoisotopic (exact) mass is 411 g/mol. The predicted octanol–water partition coefficient (Wildman–Crippen LogP) is 5.55. The highest BCUT2D eigenvalue weighted by molar-refractivity contribution is 6.30. The van der Waals surface area contributed by atoms with Gasteiger partial charge < -0.3 is 19.9 Å². The van der Waals surface area contributed by atoms with E-state index in [9.17, 15) is 9.90 Å². The van der Waals surface area contributed by atoms with Crippen LogP contribution in [-0.4, -0.2) is 18.2 Å². The number of hydrogen-bond acceptors (Lipinski definition) is 4. The van der Waals surface area contributed by atoms with Gasteiger partial charge in [-0.1, -0.05) is 48.0 Å². The smallest absolute Gasteiger partial charge is 0.336 e. The quantitative estimate of drug-likeness (QED) is 0.509. The van der Waals surface area contributed by atoms with Crippen molar-refractivity contribution >= 4 is 23.3 Å². The summed E-state index contributed by atoms with van der Waals surface area (Å²) in [6, 6.07) is 18.5. The number of rotatable bonds is 8. The van der Waals surface area contributed by atoms with Crippen LogP contribution in [0.15, 0.2) is 60.7 Å². The first-order valence-corrected chi connectivity index (χ1v) is 9.47. The molecule has 0 fully saturated rings. The molecule has 0 aliphatic carbocycles. The van der Waals surface area contributed by atoms with Crippen molar-refractivity contribution in [2.45, 2.75) is 20.1 Å². The van der Waals surface area contributed by atoms with Gasteiger partial charge in [0.1, 0.15) is 6.61 Å². The summed E-state index contributed by atoms with van der Waals surface area (Å²) in [7, 11) is 1.57. The number of carbonyl (C=O) groups is 1. The van der Waals surface area contributed by atoms with Crippen LogP contribution >= 0.6 is 11.6 Å². The fourth-order valence-corrected chi connectivity index (χ4v) is 3.28. The molecule has 0 saturated heterocycles. The van der Waals surface area contributed by atoms with Gasteiger partial charge in [0.2, 0.25) is 0 Å². The summed E-state index contributed by atoms with van der Waals surface area (Å²) in [6.07, 6.45) is 0. The van der Waals surface area contributed by atoms with Crippen LogP contribution < -0.4 is 14.8 Å². The van der Waals surface area contributed by atoms with E-state index in [1.807, 2.05) is 42.5 Å². The van der Waals surface area contributed by atoms with Gasteiger partial charge in [0.05, 0.1) is 12.7 Å². The molecular weight excluding hydrogens is 390 g/mol. The average molecular weight is 412 g/mol. The van der Waals surface area contributed by atoms with E-state index in [4.69, 9.17) is 21.1 Å². The van der Waals surface area contributed by atoms with Crippen molar-refractivity contribution in [3.63, 3.8) is 0 Å². The number of nitrogens with one attached hydrogen (secondary N) is 1. The largest absolute Gasteiger partial charge is 0.493 e. The van der Waals surface area contributed by atoms with Crippen molar-refractivity contribution in [1.29, 1.82) is 0 Å². The molecule has 0 radical (unpaired) electrons. The number of halogens is 1. The molecule has 0 spiro atoms. The number of aromatic carboxylic acids is 1. The van der Waals surface area contributed by atoms with Gasteiger partial charge in [-0.3, -0.25) is 0 Å². The minimum absolute atomic E-state index is 0.263. The Bertz CT molecular complexity index is 1010. The molecule has 0 aromatic heterocycles. The zero-order chi connectivity index (χ0) is 20.8. The molecule has 5 nitrogen and oxygen atoms in total. The molecule has 0 amide bonds. The molecule has 6 heteroatoms. The normalized spacial score (nSPS) is 10.4. The number of ether oxygens (including phenoxy) is 2. The van der Waals surface area contributed by atoms with Crippen LogP contribution in [0, 0.1) is 6.92 Å². The number of benzene rings is 3. The average Bonchev–Trinajstić information content (AvgIpc) is 2.72. The summed E-state index contributed by atoms with van der Waals surface area (Å²) in [5.74, 6) is 0.184. The van der Waals surface area contributed by atoms with E-state index in [-0.39, 0.29) is 5.56 Å². The minimum atomic E-state index is -0.956. The Hall–Kier alpha value is -3.18. The van der Waals surface area contributed by atoms with E-state index in [0.717, 1.165) is 16.8 Å². The number of carboxylic acid groups (broad SMARTS) is 1. The van der Waals surface area contributed by atoms with Crippen molar-refractivity contribution in [3.8, 4) is 11.5 Å². The third-order valence-electron chi connectivity index (χ3n) is 4.58. The summed E-state index contributed by atoms with van der Waals surface area (Å²) in [5, 5.41) is 13.1. The van der Waals surface area contributed by atoms with E-state index < -0.39 is 5.97 Å². The molecule has 3 aromatic carbocycles. The maximum Gasteiger partial charge on any atom is 0.336 e. The van der Waals surface area contributed by atoms with Crippen LogP contribution in [0.25, 0.3) is 0 Å². The number of anilines is 1. The maximum absolute atomic E-state index is 11.4. The summed E-state index contributed by atoms with van der Waals surface area (Å²) in [6.45, 7) is 2.56. The van der Waals surface area contributed by atoms with Gasteiger partial charge in [0.25, 0.3) is 0 Å². The second-order valence-electron chi connectivity index (χ2n) is 6.51. The number of methoxy groups -OCH3 is 1. The highest BCUT2D eigenvalue weighted by Gasteiger charge is 2.15. The molecule has 3 aromatic rings. The van der Waals surface area contributed by atoms with E-state index in [0.29, 0.717) is 35.2 Å². The molecular formula is C23H22ClNO4. The van der Waals surface area contributed by atoms with Crippen LogP contribution in [0.5, 0.6) is 11.5 Å². The summed E-state index contributed by atoms with van der Waals surface area (Å²) in [5.41, 5.74) is 3.51. The van der Waals surface area contributed by atoms with Crippen LogP contribution in [0.1, 0.15) is 27.0 Å². The van der Waals surface area contributed by atoms with Gasteiger partial charge in [-0.2, -0.15) is 0 Å². The maximum atomic E-state index is 11.4. The number of carboxylic acids is 1. The lowest BCUT2D eigenvalue weighted by molar-refractivity contribution is 0.0696. The SMILES string of the molecule is COc1cc(Cl)cc(CNc2cccc(C(=O)O)c2C)c1OCc1ccccc1. The van der Waals surface area contributed by atoms with Gasteiger partial charge in [0, 0.05) is 28.9 Å². The van der Waals surface area contributed by atoms with Gasteiger partial charge in [-0.05, 0) is 36.2 Å². The van der Waals surface area contributed by atoms with Crippen LogP contribution in [0.4, 0.5) is 5.69 Å². The first-order valence-electron chi connectivity index (χ1n) is 9.09. The molecule has 150 valence electrons. The lowest BCUT2D eigenvalue weighted by atomic mass is 10.1. The molecule has 0 aliphatic heterocycles. The van der Waals surface area contributed by atoms with E-state index in [1.165, 1.54) is 0 Å². The summed E-state index contributed by atoms with van der Waals surface area (Å²) >= 11 is 6.26. The molecule has 0 aliphatic rings. The third-order valence-corrected chi connectivity index (χ3v) is 4.79. The van der Waals surface area contributed by atoms with Crippen LogP contribution in [0.3, 0.4) is 0 Å². The lowest BCUT2D eigenvalue weighted by Gasteiger charge is -2.18. The van der Waals surface area contributed by atoms with E-state index in [1.54, 1.807) is 32.2 Å². The molecule has 0 bridgehead atoms. The molecule has 29 heavy (non-hydrogen) atoms. The van der Waals surface area contributed by atoms with Crippen molar-refractivity contribution in [1.82, 2.24) is 0 Å². The first-order chi connectivity index (χ1) is 14.0. The fourth-order valence-electron chi connectivity index (χ4n) is 3.05.